The monoisotopic (exact) mass is 401 g/mol. The van der Waals surface area contributed by atoms with Crippen molar-refractivity contribution >= 4 is 22.9 Å². The molecule has 1 atom stereocenters. The number of hydrogen-bond donors (Lipinski definition) is 0. The molecule has 4 nitrogen and oxygen atoms in total. The number of fused-ring (bicyclic) bond motifs is 2. The van der Waals surface area contributed by atoms with Crippen LogP contribution in [0.2, 0.25) is 0 Å². The second-order valence-electron chi connectivity index (χ2n) is 8.85. The minimum absolute atomic E-state index is 0.150. The van der Waals surface area contributed by atoms with Crippen molar-refractivity contribution < 1.29 is 14.3 Å². The molecule has 1 saturated heterocycles. The Kier molecular flexibility index (Phi) is 5.03. The summed E-state index contributed by atoms with van der Waals surface area (Å²) < 4.78 is 6.04. The third-order valence-corrected chi connectivity index (χ3v) is 6.59. The van der Waals surface area contributed by atoms with Crippen LogP contribution >= 0.6 is 0 Å². The molecule has 2 aromatic rings. The lowest BCUT2D eigenvalue weighted by Crippen LogP contribution is -2.23. The summed E-state index contributed by atoms with van der Waals surface area (Å²) in [4.78, 5) is 26.5. The fraction of sp³-hybridized carbons (Fsp3) is 0.385. The summed E-state index contributed by atoms with van der Waals surface area (Å²) in [7, 11) is 0. The molecular weight excluding hydrogens is 374 g/mol. The molecule has 5 rings (SSSR count). The fourth-order valence-corrected chi connectivity index (χ4v) is 5.13. The van der Waals surface area contributed by atoms with Crippen LogP contribution in [-0.4, -0.2) is 36.1 Å². The highest BCUT2D eigenvalue weighted by atomic mass is 16.5. The molecule has 0 bridgehead atoms. The molecule has 3 aliphatic rings. The zero-order valence-corrected chi connectivity index (χ0v) is 17.4. The van der Waals surface area contributed by atoms with Gasteiger partial charge in [-0.25, -0.2) is 0 Å². The minimum Gasteiger partial charge on any atom is -0.487 e. The third-order valence-electron chi connectivity index (χ3n) is 6.59. The maximum absolute atomic E-state index is 12.7. The zero-order chi connectivity index (χ0) is 20.7. The van der Waals surface area contributed by atoms with Gasteiger partial charge in [-0.1, -0.05) is 42.5 Å². The van der Waals surface area contributed by atoms with E-state index in [4.69, 9.17) is 4.74 Å². The number of likely N-dealkylation sites (tertiary alicyclic amines) is 1. The van der Waals surface area contributed by atoms with Gasteiger partial charge in [0.1, 0.15) is 18.1 Å². The Labute approximate surface area is 177 Å². The average Bonchev–Trinajstić information content (AvgIpc) is 3.42. The summed E-state index contributed by atoms with van der Waals surface area (Å²) >= 11 is 0. The van der Waals surface area contributed by atoms with Crippen molar-refractivity contribution in [3.05, 3.63) is 70.3 Å². The van der Waals surface area contributed by atoms with Crippen LogP contribution in [0.15, 0.2) is 42.5 Å². The lowest BCUT2D eigenvalue weighted by atomic mass is 9.98. The first-order valence-corrected chi connectivity index (χ1v) is 10.9. The van der Waals surface area contributed by atoms with Crippen LogP contribution in [0.25, 0.3) is 11.3 Å². The Balaban J connectivity index is 1.31. The van der Waals surface area contributed by atoms with E-state index in [9.17, 15) is 9.59 Å². The molecular formula is C26H27NO3. The molecule has 1 fully saturated rings. The molecule has 154 valence electrons. The van der Waals surface area contributed by atoms with Crippen molar-refractivity contribution in [1.82, 2.24) is 4.90 Å². The number of ether oxygens (including phenoxy) is 1. The van der Waals surface area contributed by atoms with Crippen LogP contribution in [0.5, 0.6) is 0 Å². The molecule has 0 radical (unpaired) electrons. The van der Waals surface area contributed by atoms with Crippen molar-refractivity contribution in [2.45, 2.75) is 39.2 Å². The van der Waals surface area contributed by atoms with Gasteiger partial charge in [0, 0.05) is 37.1 Å². The van der Waals surface area contributed by atoms with Crippen molar-refractivity contribution in [3.8, 4) is 0 Å². The van der Waals surface area contributed by atoms with E-state index >= 15 is 0 Å². The van der Waals surface area contributed by atoms with Crippen molar-refractivity contribution in [2.75, 3.05) is 19.6 Å². The maximum Gasteiger partial charge on any atom is 0.171 e. The van der Waals surface area contributed by atoms with Crippen LogP contribution in [0.1, 0.15) is 47.6 Å². The van der Waals surface area contributed by atoms with Gasteiger partial charge in [-0.3, -0.25) is 4.79 Å². The zero-order valence-electron chi connectivity index (χ0n) is 17.4. The van der Waals surface area contributed by atoms with Gasteiger partial charge in [-0.05, 0) is 48.9 Å². The van der Waals surface area contributed by atoms with E-state index in [1.54, 1.807) is 6.92 Å². The highest BCUT2D eigenvalue weighted by molar-refractivity contribution is 6.31. The van der Waals surface area contributed by atoms with E-state index in [1.807, 2.05) is 24.3 Å². The van der Waals surface area contributed by atoms with Crippen LogP contribution < -0.4 is 0 Å². The van der Waals surface area contributed by atoms with E-state index in [2.05, 4.69) is 23.1 Å². The fourth-order valence-electron chi connectivity index (χ4n) is 5.13. The molecule has 0 spiro atoms. The molecule has 1 aliphatic carbocycles. The molecule has 0 amide bonds. The predicted octanol–water partition coefficient (Wildman–Crippen LogP) is 4.05. The molecule has 30 heavy (non-hydrogen) atoms. The van der Waals surface area contributed by atoms with Gasteiger partial charge in [0.25, 0.3) is 0 Å². The quantitative estimate of drug-likeness (QED) is 0.709. The standard InChI is InChI=1S/C26H27NO3/c1-17(28)12-19-9-11-27(15-19)10-8-18-6-7-23-21(13-18)16-30-26(23)25-22-5-3-2-4-20(22)14-24(25)29/h2-7,13,19H,8-12,14-16H2,1H3/b26-25+. The summed E-state index contributed by atoms with van der Waals surface area (Å²) in [6.07, 6.45) is 3.30. The molecule has 0 saturated carbocycles. The normalized spacial score (nSPS) is 22.8. The smallest absolute Gasteiger partial charge is 0.171 e. The first-order valence-electron chi connectivity index (χ1n) is 10.9. The molecule has 2 aliphatic heterocycles. The van der Waals surface area contributed by atoms with E-state index in [0.29, 0.717) is 31.1 Å². The van der Waals surface area contributed by atoms with Gasteiger partial charge >= 0.3 is 0 Å². The topological polar surface area (TPSA) is 46.6 Å². The maximum atomic E-state index is 12.7. The molecule has 0 N–H and O–H groups in total. The van der Waals surface area contributed by atoms with Crippen LogP contribution in [0.4, 0.5) is 0 Å². The average molecular weight is 402 g/mol. The van der Waals surface area contributed by atoms with Gasteiger partial charge in [-0.2, -0.15) is 0 Å². The largest absolute Gasteiger partial charge is 0.487 e. The number of hydrogen-bond acceptors (Lipinski definition) is 4. The second kappa shape index (κ2) is 7.84. The van der Waals surface area contributed by atoms with Gasteiger partial charge in [-0.15, -0.1) is 0 Å². The van der Waals surface area contributed by atoms with Crippen molar-refractivity contribution in [3.63, 3.8) is 0 Å². The van der Waals surface area contributed by atoms with Gasteiger partial charge in [0.2, 0.25) is 0 Å². The summed E-state index contributed by atoms with van der Waals surface area (Å²) in [6.45, 7) is 5.36. The summed E-state index contributed by atoms with van der Waals surface area (Å²) in [5.41, 5.74) is 6.38. The second-order valence-corrected chi connectivity index (χ2v) is 8.85. The first kappa shape index (κ1) is 19.3. The third kappa shape index (κ3) is 3.61. The Bertz CT molecular complexity index is 1050. The SMILES string of the molecule is CC(=O)CC1CCN(CCc2ccc3c(c2)CO/C3=C2/C(=O)Cc3ccccc32)C1. The number of Topliss-reactive ketones (excluding diaryl/α,β-unsaturated/α-hetero) is 2. The summed E-state index contributed by atoms with van der Waals surface area (Å²) in [5.74, 6) is 1.72. The number of ketones is 2. The predicted molar refractivity (Wildman–Crippen MR) is 117 cm³/mol. The van der Waals surface area contributed by atoms with E-state index in [-0.39, 0.29) is 5.78 Å². The Hall–Kier alpha value is -2.72. The van der Waals surface area contributed by atoms with Crippen molar-refractivity contribution in [1.29, 1.82) is 0 Å². The molecule has 4 heteroatoms. The molecule has 1 unspecified atom stereocenters. The minimum atomic E-state index is 0.150. The lowest BCUT2D eigenvalue weighted by molar-refractivity contribution is -0.117. The lowest BCUT2D eigenvalue weighted by Gasteiger charge is -2.16. The van der Waals surface area contributed by atoms with E-state index in [0.717, 1.165) is 60.5 Å². The van der Waals surface area contributed by atoms with Crippen molar-refractivity contribution in [2.24, 2.45) is 5.92 Å². The number of carbonyl (C=O) groups is 2. The Morgan fingerprint density at radius 1 is 1.13 bits per heavy atom. The van der Waals surface area contributed by atoms with Crippen LogP contribution in [0, 0.1) is 5.92 Å². The Morgan fingerprint density at radius 2 is 2.00 bits per heavy atom. The number of benzene rings is 2. The molecule has 2 heterocycles. The highest BCUT2D eigenvalue weighted by Crippen LogP contribution is 2.40. The number of nitrogens with zero attached hydrogens (tertiary/aromatic N) is 1. The highest BCUT2D eigenvalue weighted by Gasteiger charge is 2.32. The summed E-state index contributed by atoms with van der Waals surface area (Å²) in [6, 6.07) is 14.5. The first-order chi connectivity index (χ1) is 14.6. The van der Waals surface area contributed by atoms with Gasteiger partial charge in [0.15, 0.2) is 5.78 Å². The Morgan fingerprint density at radius 3 is 2.87 bits per heavy atom. The van der Waals surface area contributed by atoms with E-state index < -0.39 is 0 Å². The summed E-state index contributed by atoms with van der Waals surface area (Å²) in [5, 5.41) is 0. The van der Waals surface area contributed by atoms with Crippen LogP contribution in [0.3, 0.4) is 0 Å². The van der Waals surface area contributed by atoms with Gasteiger partial charge < -0.3 is 14.4 Å². The van der Waals surface area contributed by atoms with Gasteiger partial charge in [0.05, 0.1) is 5.57 Å². The molecule has 2 aromatic carbocycles. The number of rotatable bonds is 5. The number of allylic oxidation sites excluding steroid dienone is 1. The molecule has 0 aromatic heterocycles. The van der Waals surface area contributed by atoms with Crippen LogP contribution in [-0.2, 0) is 33.8 Å². The van der Waals surface area contributed by atoms with E-state index in [1.165, 1.54) is 11.1 Å². The number of carbonyl (C=O) groups excluding carboxylic acids is 2.